The minimum atomic E-state index is -0.995. The maximum absolute atomic E-state index is 13.4. The van der Waals surface area contributed by atoms with Crippen LogP contribution in [-0.2, 0) is 6.61 Å². The quantitative estimate of drug-likeness (QED) is 0.799. The summed E-state index contributed by atoms with van der Waals surface area (Å²) >= 11 is 3.08. The summed E-state index contributed by atoms with van der Waals surface area (Å²) in [6.45, 7) is 1.94. The first-order valence-electron chi connectivity index (χ1n) is 5.26. The highest BCUT2D eigenvalue weighted by molar-refractivity contribution is 9.10. The molecule has 0 spiro atoms. The molecule has 0 atom stereocenters. The van der Waals surface area contributed by atoms with E-state index in [1.54, 1.807) is 6.07 Å². The molecule has 1 heterocycles. The molecule has 1 aromatic heterocycles. The van der Waals surface area contributed by atoms with Gasteiger partial charge >= 0.3 is 0 Å². The normalized spacial score (nSPS) is 10.4. The number of benzene rings is 1. The van der Waals surface area contributed by atoms with Gasteiger partial charge in [-0.05, 0) is 31.2 Å². The zero-order valence-electron chi connectivity index (χ0n) is 9.58. The van der Waals surface area contributed by atoms with Crippen LogP contribution in [-0.4, -0.2) is 4.98 Å². The van der Waals surface area contributed by atoms with Crippen molar-refractivity contribution in [1.29, 1.82) is 0 Å². The van der Waals surface area contributed by atoms with Gasteiger partial charge in [0, 0.05) is 10.2 Å². The summed E-state index contributed by atoms with van der Waals surface area (Å²) in [4.78, 5) is 4.21. The summed E-state index contributed by atoms with van der Waals surface area (Å²) in [7, 11) is 0. The fraction of sp³-hybridized carbons (Fsp3) is 0.154. The number of nitrogens with zero attached hydrogens (tertiary/aromatic N) is 1. The third kappa shape index (κ3) is 3.04. The molecular formula is C13H10BrF2NO. The molecule has 0 saturated heterocycles. The van der Waals surface area contributed by atoms with Gasteiger partial charge in [-0.3, -0.25) is 4.98 Å². The lowest BCUT2D eigenvalue weighted by Crippen LogP contribution is -2.01. The fourth-order valence-electron chi connectivity index (χ4n) is 1.47. The Bertz CT molecular complexity index is 575. The van der Waals surface area contributed by atoms with Gasteiger partial charge in [-0.25, -0.2) is 4.39 Å². The predicted molar refractivity (Wildman–Crippen MR) is 67.4 cm³/mol. The van der Waals surface area contributed by atoms with Crippen LogP contribution in [0, 0.1) is 18.6 Å². The first-order valence-corrected chi connectivity index (χ1v) is 6.05. The topological polar surface area (TPSA) is 22.1 Å². The Hall–Kier alpha value is -1.49. The third-order valence-electron chi connectivity index (χ3n) is 2.28. The molecule has 0 bridgehead atoms. The Labute approximate surface area is 112 Å². The molecule has 5 heteroatoms. The molecule has 0 unspecified atom stereocenters. The molecule has 0 radical (unpaired) electrons. The van der Waals surface area contributed by atoms with E-state index in [4.69, 9.17) is 4.74 Å². The van der Waals surface area contributed by atoms with Gasteiger partial charge in [0.1, 0.15) is 6.61 Å². The van der Waals surface area contributed by atoms with E-state index in [0.29, 0.717) is 10.2 Å². The van der Waals surface area contributed by atoms with E-state index in [1.165, 1.54) is 6.07 Å². The molecule has 94 valence electrons. The van der Waals surface area contributed by atoms with Gasteiger partial charge in [0.25, 0.3) is 0 Å². The minimum Gasteiger partial charge on any atom is -0.484 e. The fourth-order valence-corrected chi connectivity index (χ4v) is 1.88. The lowest BCUT2D eigenvalue weighted by molar-refractivity contribution is 0.280. The van der Waals surface area contributed by atoms with E-state index < -0.39 is 11.6 Å². The summed E-state index contributed by atoms with van der Waals surface area (Å²) in [5.74, 6) is -2.08. The van der Waals surface area contributed by atoms with Gasteiger partial charge in [-0.15, -0.1) is 0 Å². The second-order valence-corrected chi connectivity index (χ2v) is 4.67. The van der Waals surface area contributed by atoms with Crippen molar-refractivity contribution in [3.8, 4) is 5.75 Å². The number of aryl methyl sites for hydroxylation is 1. The van der Waals surface area contributed by atoms with Crippen LogP contribution in [0.25, 0.3) is 0 Å². The van der Waals surface area contributed by atoms with E-state index in [2.05, 4.69) is 20.9 Å². The second-order valence-electron chi connectivity index (χ2n) is 3.76. The van der Waals surface area contributed by atoms with Crippen molar-refractivity contribution < 1.29 is 13.5 Å². The number of pyridine rings is 1. The highest BCUT2D eigenvalue weighted by atomic mass is 79.9. The zero-order chi connectivity index (χ0) is 13.1. The van der Waals surface area contributed by atoms with Gasteiger partial charge < -0.3 is 4.74 Å². The summed E-state index contributed by atoms with van der Waals surface area (Å²) in [6.07, 6.45) is 0. The molecule has 2 nitrogen and oxygen atoms in total. The van der Waals surface area contributed by atoms with E-state index in [0.717, 1.165) is 11.8 Å². The molecule has 0 saturated carbocycles. The third-order valence-corrected chi connectivity index (χ3v) is 2.74. The number of halogens is 3. The lowest BCUT2D eigenvalue weighted by Gasteiger charge is -2.08. The Kier molecular flexibility index (Phi) is 3.91. The predicted octanol–water partition coefficient (Wildman–Crippen LogP) is 4.01. The Morgan fingerprint density at radius 2 is 2.06 bits per heavy atom. The minimum absolute atomic E-state index is 0.0918. The summed E-state index contributed by atoms with van der Waals surface area (Å²) in [5, 5.41) is 0. The molecule has 1 aromatic carbocycles. The van der Waals surface area contributed by atoms with Crippen LogP contribution in [0.4, 0.5) is 8.78 Å². The molecule has 2 aromatic rings. The van der Waals surface area contributed by atoms with Crippen LogP contribution < -0.4 is 4.74 Å². The number of aromatic nitrogens is 1. The monoisotopic (exact) mass is 313 g/mol. The lowest BCUT2D eigenvalue weighted by atomic mass is 10.3. The number of hydrogen-bond donors (Lipinski definition) is 0. The van der Waals surface area contributed by atoms with Crippen LogP contribution >= 0.6 is 15.9 Å². The van der Waals surface area contributed by atoms with Crippen molar-refractivity contribution in [2.24, 2.45) is 0 Å². The van der Waals surface area contributed by atoms with Crippen LogP contribution in [0.2, 0.25) is 0 Å². The maximum atomic E-state index is 13.4. The van der Waals surface area contributed by atoms with Crippen molar-refractivity contribution >= 4 is 15.9 Å². The van der Waals surface area contributed by atoms with Crippen molar-refractivity contribution in [3.05, 3.63) is 57.8 Å². The van der Waals surface area contributed by atoms with Gasteiger partial charge in [-0.2, -0.15) is 4.39 Å². The number of hydrogen-bond acceptors (Lipinski definition) is 2. The molecule has 0 N–H and O–H groups in total. The first-order chi connectivity index (χ1) is 8.56. The van der Waals surface area contributed by atoms with E-state index in [9.17, 15) is 8.78 Å². The highest BCUT2D eigenvalue weighted by Gasteiger charge is 2.11. The summed E-state index contributed by atoms with van der Waals surface area (Å²) in [6, 6.07) is 7.88. The molecule has 2 rings (SSSR count). The summed E-state index contributed by atoms with van der Waals surface area (Å²) in [5.41, 5.74) is 1.51. The smallest absolute Gasteiger partial charge is 0.200 e. The summed E-state index contributed by atoms with van der Waals surface area (Å²) < 4.78 is 32.2. The van der Waals surface area contributed by atoms with Gasteiger partial charge in [0.2, 0.25) is 5.82 Å². The molecule has 0 aliphatic carbocycles. The Morgan fingerprint density at radius 1 is 1.28 bits per heavy atom. The molecular weight excluding hydrogens is 304 g/mol. The SMILES string of the molecule is Cc1cccc(COc2cc(Br)cc(F)c2F)n1. The molecule has 0 amide bonds. The molecule has 0 aliphatic rings. The molecule has 0 aliphatic heterocycles. The van der Waals surface area contributed by atoms with Crippen molar-refractivity contribution in [2.75, 3.05) is 0 Å². The second kappa shape index (κ2) is 5.44. The molecule has 0 fully saturated rings. The largest absolute Gasteiger partial charge is 0.484 e. The van der Waals surface area contributed by atoms with Gasteiger partial charge in [-0.1, -0.05) is 22.0 Å². The standard InChI is InChI=1S/C13H10BrF2NO/c1-8-3-2-4-10(17-8)7-18-12-6-9(14)5-11(15)13(12)16/h2-6H,7H2,1H3. The van der Waals surface area contributed by atoms with E-state index in [1.807, 2.05) is 19.1 Å². The molecule has 18 heavy (non-hydrogen) atoms. The van der Waals surface area contributed by atoms with Crippen LogP contribution in [0.1, 0.15) is 11.4 Å². The van der Waals surface area contributed by atoms with Gasteiger partial charge in [0.15, 0.2) is 11.6 Å². The Balaban J connectivity index is 2.15. The number of rotatable bonds is 3. The zero-order valence-corrected chi connectivity index (χ0v) is 11.2. The Morgan fingerprint density at radius 3 is 2.78 bits per heavy atom. The van der Waals surface area contributed by atoms with E-state index in [-0.39, 0.29) is 12.4 Å². The van der Waals surface area contributed by atoms with Crippen molar-refractivity contribution in [1.82, 2.24) is 4.98 Å². The van der Waals surface area contributed by atoms with Gasteiger partial charge in [0.05, 0.1) is 5.69 Å². The average Bonchev–Trinajstić information content (AvgIpc) is 2.32. The van der Waals surface area contributed by atoms with Crippen LogP contribution in [0.3, 0.4) is 0 Å². The van der Waals surface area contributed by atoms with Crippen LogP contribution in [0.15, 0.2) is 34.8 Å². The maximum Gasteiger partial charge on any atom is 0.200 e. The average molecular weight is 314 g/mol. The first kappa shape index (κ1) is 13.0. The van der Waals surface area contributed by atoms with E-state index >= 15 is 0 Å². The highest BCUT2D eigenvalue weighted by Crippen LogP contribution is 2.25. The number of ether oxygens (including phenoxy) is 1. The van der Waals surface area contributed by atoms with Crippen molar-refractivity contribution in [2.45, 2.75) is 13.5 Å². The van der Waals surface area contributed by atoms with Crippen molar-refractivity contribution in [3.63, 3.8) is 0 Å². The van der Waals surface area contributed by atoms with Crippen LogP contribution in [0.5, 0.6) is 5.75 Å².